The minimum absolute atomic E-state index is 0.442. The molecule has 0 aliphatic carbocycles. The highest BCUT2D eigenvalue weighted by Gasteiger charge is 2.08. The Morgan fingerprint density at radius 2 is 2.15 bits per heavy atom. The summed E-state index contributed by atoms with van der Waals surface area (Å²) in [6, 6.07) is 1.96. The summed E-state index contributed by atoms with van der Waals surface area (Å²) in [6.07, 6.45) is 3.05. The van der Waals surface area contributed by atoms with E-state index in [1.165, 1.54) is 0 Å². The van der Waals surface area contributed by atoms with Gasteiger partial charge in [-0.3, -0.25) is 4.98 Å². The normalized spacial score (nSPS) is 13.3. The van der Waals surface area contributed by atoms with Crippen molar-refractivity contribution in [3.63, 3.8) is 0 Å². The topological polar surface area (TPSA) is 36.4 Å². The first-order chi connectivity index (χ1) is 6.09. The lowest BCUT2D eigenvalue weighted by molar-refractivity contribution is 0.138. The summed E-state index contributed by atoms with van der Waals surface area (Å²) in [5.41, 5.74) is 1.96. The Balaban J connectivity index is 2.71. The fraction of sp³-hybridized carbons (Fsp3) is 0.500. The second-order valence-corrected chi connectivity index (χ2v) is 3.57. The van der Waals surface area contributed by atoms with E-state index in [2.05, 4.69) is 4.98 Å². The second kappa shape index (κ2) is 4.35. The molecule has 1 unspecified atom stereocenters. The Kier molecular flexibility index (Phi) is 3.39. The number of rotatable bonds is 3. The third kappa shape index (κ3) is 3.13. The van der Waals surface area contributed by atoms with Gasteiger partial charge in [-0.2, -0.15) is 0 Å². The van der Waals surface area contributed by atoms with E-state index in [-0.39, 0.29) is 0 Å². The first kappa shape index (κ1) is 10.2. The lowest BCUT2D eigenvalue weighted by Crippen LogP contribution is -2.20. The lowest BCUT2D eigenvalue weighted by Gasteiger charge is -2.15. The Bertz CT molecular complexity index is 273. The van der Waals surface area contributed by atoms with Crippen LogP contribution in [0, 0.1) is 6.92 Å². The number of nitrogens with zero attached hydrogens (tertiary/aromatic N) is 2. The van der Waals surface area contributed by atoms with Gasteiger partial charge in [0, 0.05) is 24.5 Å². The number of aromatic nitrogens is 1. The van der Waals surface area contributed by atoms with E-state index in [1.807, 2.05) is 32.0 Å². The van der Waals surface area contributed by atoms with Gasteiger partial charge in [-0.05, 0) is 26.6 Å². The lowest BCUT2D eigenvalue weighted by atomic mass is 10.1. The fourth-order valence-electron chi connectivity index (χ4n) is 1.21. The van der Waals surface area contributed by atoms with Gasteiger partial charge in [0.15, 0.2) is 0 Å². The Labute approximate surface area is 79.0 Å². The number of aliphatic hydroxyl groups excluding tert-OH is 1. The fourth-order valence-corrected chi connectivity index (χ4v) is 1.21. The molecule has 1 rings (SSSR count). The highest BCUT2D eigenvalue weighted by atomic mass is 16.3. The molecule has 0 saturated carbocycles. The molecule has 3 heteroatoms. The van der Waals surface area contributed by atoms with E-state index in [0.29, 0.717) is 6.54 Å². The van der Waals surface area contributed by atoms with Crippen LogP contribution in [0.3, 0.4) is 0 Å². The molecular formula is C10H16N2O. The highest BCUT2D eigenvalue weighted by molar-refractivity contribution is 5.18. The molecule has 0 saturated heterocycles. The summed E-state index contributed by atoms with van der Waals surface area (Å²) in [6.45, 7) is 2.60. The third-order valence-corrected chi connectivity index (χ3v) is 1.82. The van der Waals surface area contributed by atoms with Crippen LogP contribution in [0.15, 0.2) is 18.5 Å². The number of likely N-dealkylation sites (N-methyl/N-ethyl adjacent to an activating group) is 1. The number of hydrogen-bond acceptors (Lipinski definition) is 3. The summed E-state index contributed by atoms with van der Waals surface area (Å²) in [4.78, 5) is 5.99. The molecule has 0 fully saturated rings. The summed E-state index contributed by atoms with van der Waals surface area (Å²) in [7, 11) is 3.87. The maximum atomic E-state index is 9.73. The van der Waals surface area contributed by atoms with E-state index in [1.54, 1.807) is 12.4 Å². The van der Waals surface area contributed by atoms with E-state index >= 15 is 0 Å². The van der Waals surface area contributed by atoms with Gasteiger partial charge in [0.1, 0.15) is 0 Å². The summed E-state index contributed by atoms with van der Waals surface area (Å²) in [5.74, 6) is 0. The van der Waals surface area contributed by atoms with Crippen molar-refractivity contribution in [1.29, 1.82) is 0 Å². The molecule has 0 aliphatic rings. The zero-order valence-corrected chi connectivity index (χ0v) is 8.36. The average Bonchev–Trinajstić information content (AvgIpc) is 2.03. The molecule has 1 aromatic heterocycles. The minimum atomic E-state index is -0.442. The Hall–Kier alpha value is -0.930. The molecule has 0 spiro atoms. The zero-order valence-electron chi connectivity index (χ0n) is 8.36. The number of pyridine rings is 1. The van der Waals surface area contributed by atoms with E-state index in [0.717, 1.165) is 11.1 Å². The second-order valence-electron chi connectivity index (χ2n) is 3.57. The molecule has 0 amide bonds. The molecule has 1 aromatic rings. The monoisotopic (exact) mass is 180 g/mol. The first-order valence-corrected chi connectivity index (χ1v) is 4.34. The maximum absolute atomic E-state index is 9.73. The van der Waals surface area contributed by atoms with Crippen LogP contribution in [-0.4, -0.2) is 35.6 Å². The van der Waals surface area contributed by atoms with Crippen molar-refractivity contribution in [1.82, 2.24) is 9.88 Å². The number of aryl methyl sites for hydroxylation is 1. The predicted molar refractivity (Wildman–Crippen MR) is 52.5 cm³/mol. The molecule has 0 aromatic carbocycles. The first-order valence-electron chi connectivity index (χ1n) is 4.34. The van der Waals surface area contributed by atoms with Gasteiger partial charge < -0.3 is 10.0 Å². The smallest absolute Gasteiger partial charge is 0.0931 e. The van der Waals surface area contributed by atoms with Crippen LogP contribution in [0.4, 0.5) is 0 Å². The maximum Gasteiger partial charge on any atom is 0.0931 e. The molecule has 0 radical (unpaired) electrons. The summed E-state index contributed by atoms with van der Waals surface area (Å²) in [5, 5.41) is 9.73. The molecule has 1 atom stereocenters. The van der Waals surface area contributed by atoms with Gasteiger partial charge in [-0.1, -0.05) is 6.07 Å². The van der Waals surface area contributed by atoms with E-state index in [4.69, 9.17) is 0 Å². The molecule has 3 nitrogen and oxygen atoms in total. The molecule has 1 heterocycles. The van der Waals surface area contributed by atoms with Crippen molar-refractivity contribution in [2.45, 2.75) is 13.0 Å². The summed E-state index contributed by atoms with van der Waals surface area (Å²) < 4.78 is 0. The Morgan fingerprint density at radius 3 is 2.69 bits per heavy atom. The standard InChI is InChI=1S/C10H16N2O/c1-8-4-9(6-11-5-8)10(13)7-12(2)3/h4-6,10,13H,7H2,1-3H3. The van der Waals surface area contributed by atoms with Gasteiger partial charge in [0.25, 0.3) is 0 Å². The van der Waals surface area contributed by atoms with Crippen LogP contribution < -0.4 is 0 Å². The quantitative estimate of drug-likeness (QED) is 0.753. The highest BCUT2D eigenvalue weighted by Crippen LogP contribution is 2.12. The molecular weight excluding hydrogens is 164 g/mol. The van der Waals surface area contributed by atoms with Crippen molar-refractivity contribution in [2.24, 2.45) is 0 Å². The third-order valence-electron chi connectivity index (χ3n) is 1.82. The van der Waals surface area contributed by atoms with Gasteiger partial charge in [0.05, 0.1) is 6.10 Å². The van der Waals surface area contributed by atoms with E-state index < -0.39 is 6.10 Å². The average molecular weight is 180 g/mol. The largest absolute Gasteiger partial charge is 0.387 e. The van der Waals surface area contributed by atoms with E-state index in [9.17, 15) is 5.11 Å². The number of aliphatic hydroxyl groups is 1. The molecule has 0 aliphatic heterocycles. The van der Waals surface area contributed by atoms with Crippen LogP contribution in [0.25, 0.3) is 0 Å². The molecule has 0 bridgehead atoms. The van der Waals surface area contributed by atoms with Crippen molar-refractivity contribution in [2.75, 3.05) is 20.6 Å². The van der Waals surface area contributed by atoms with Crippen LogP contribution in [-0.2, 0) is 0 Å². The Morgan fingerprint density at radius 1 is 1.46 bits per heavy atom. The summed E-state index contributed by atoms with van der Waals surface area (Å²) >= 11 is 0. The van der Waals surface area contributed by atoms with Gasteiger partial charge in [-0.15, -0.1) is 0 Å². The minimum Gasteiger partial charge on any atom is -0.387 e. The van der Waals surface area contributed by atoms with Crippen LogP contribution in [0.1, 0.15) is 17.2 Å². The van der Waals surface area contributed by atoms with Crippen molar-refractivity contribution >= 4 is 0 Å². The molecule has 72 valence electrons. The zero-order chi connectivity index (χ0) is 9.84. The van der Waals surface area contributed by atoms with Gasteiger partial charge in [-0.25, -0.2) is 0 Å². The van der Waals surface area contributed by atoms with Crippen LogP contribution >= 0.6 is 0 Å². The van der Waals surface area contributed by atoms with Crippen molar-refractivity contribution in [3.8, 4) is 0 Å². The van der Waals surface area contributed by atoms with Crippen molar-refractivity contribution < 1.29 is 5.11 Å². The van der Waals surface area contributed by atoms with Crippen LogP contribution in [0.2, 0.25) is 0 Å². The van der Waals surface area contributed by atoms with Crippen LogP contribution in [0.5, 0.6) is 0 Å². The van der Waals surface area contributed by atoms with Gasteiger partial charge in [0.2, 0.25) is 0 Å². The molecule has 1 N–H and O–H groups in total. The molecule has 13 heavy (non-hydrogen) atoms. The van der Waals surface area contributed by atoms with Gasteiger partial charge >= 0.3 is 0 Å². The number of hydrogen-bond donors (Lipinski definition) is 1. The van der Waals surface area contributed by atoms with Crippen molar-refractivity contribution in [3.05, 3.63) is 29.6 Å². The SMILES string of the molecule is Cc1cncc(C(O)CN(C)C)c1. The predicted octanol–water partition coefficient (Wildman–Crippen LogP) is 0.985.